The first-order chi connectivity index (χ1) is 9.49. The summed E-state index contributed by atoms with van der Waals surface area (Å²) in [6.45, 7) is 6.15. The van der Waals surface area contributed by atoms with Crippen LogP contribution in [-0.2, 0) is 6.42 Å². The van der Waals surface area contributed by atoms with Crippen LogP contribution in [0.1, 0.15) is 31.6 Å². The van der Waals surface area contributed by atoms with Gasteiger partial charge in [-0.25, -0.2) is 4.68 Å². The van der Waals surface area contributed by atoms with Crippen LogP contribution >= 0.6 is 15.9 Å². The fourth-order valence-electron chi connectivity index (χ4n) is 1.69. The molecule has 108 valence electrons. The van der Waals surface area contributed by atoms with Gasteiger partial charge < -0.3 is 9.84 Å². The van der Waals surface area contributed by atoms with Crippen molar-refractivity contribution in [3.8, 4) is 0 Å². The van der Waals surface area contributed by atoms with Crippen molar-refractivity contribution in [2.24, 2.45) is 0 Å². The molecule has 0 aliphatic carbocycles. The van der Waals surface area contributed by atoms with Gasteiger partial charge in [0, 0.05) is 19.9 Å². The van der Waals surface area contributed by atoms with Gasteiger partial charge in [0.15, 0.2) is 5.82 Å². The lowest BCUT2D eigenvalue weighted by Crippen LogP contribution is -2.26. The fraction of sp³-hybridized carbons (Fsp3) is 0.500. The van der Waals surface area contributed by atoms with Crippen molar-refractivity contribution in [3.63, 3.8) is 0 Å². The van der Waals surface area contributed by atoms with E-state index in [4.69, 9.17) is 4.52 Å². The lowest BCUT2D eigenvalue weighted by molar-refractivity contribution is 0.387. The third-order valence-corrected chi connectivity index (χ3v) is 3.43. The standard InChI is InChI=1S/C12H16BrN5O2/c1-7(2)18-12(19)11(13)9(6-15-18)14-5-4-10-16-8(3)20-17-10/h6-7,14H,4-5H2,1-3H3. The molecule has 0 fully saturated rings. The molecule has 0 bridgehead atoms. The molecule has 0 saturated heterocycles. The number of aromatic nitrogens is 4. The van der Waals surface area contributed by atoms with Gasteiger partial charge in [-0.15, -0.1) is 0 Å². The molecule has 1 N–H and O–H groups in total. The minimum absolute atomic E-state index is 0.0233. The fourth-order valence-corrected chi connectivity index (χ4v) is 2.11. The quantitative estimate of drug-likeness (QED) is 0.894. The first-order valence-electron chi connectivity index (χ1n) is 6.29. The van der Waals surface area contributed by atoms with Gasteiger partial charge in [-0.3, -0.25) is 4.79 Å². The smallest absolute Gasteiger partial charge is 0.283 e. The lowest BCUT2D eigenvalue weighted by atomic mass is 10.3. The molecular weight excluding hydrogens is 326 g/mol. The first kappa shape index (κ1) is 14.7. The van der Waals surface area contributed by atoms with Crippen molar-refractivity contribution >= 4 is 21.6 Å². The Kier molecular flexibility index (Phi) is 4.53. The summed E-state index contributed by atoms with van der Waals surface area (Å²) < 4.78 is 6.79. The molecule has 0 aliphatic heterocycles. The summed E-state index contributed by atoms with van der Waals surface area (Å²) in [5.74, 6) is 1.18. The molecular formula is C12H16BrN5O2. The average molecular weight is 342 g/mol. The summed E-state index contributed by atoms with van der Waals surface area (Å²) in [5, 5.41) is 11.1. The van der Waals surface area contributed by atoms with Gasteiger partial charge in [0.05, 0.1) is 17.9 Å². The Hall–Kier alpha value is -1.70. The summed E-state index contributed by atoms with van der Waals surface area (Å²) in [5.41, 5.74) is 0.507. The molecule has 0 aromatic carbocycles. The van der Waals surface area contributed by atoms with E-state index in [-0.39, 0.29) is 11.6 Å². The SMILES string of the molecule is Cc1nc(CCNc2cnn(C(C)C)c(=O)c2Br)no1. The molecule has 0 spiro atoms. The number of nitrogens with zero attached hydrogens (tertiary/aromatic N) is 4. The average Bonchev–Trinajstić information content (AvgIpc) is 2.80. The molecule has 8 heteroatoms. The van der Waals surface area contributed by atoms with Crippen LogP contribution in [0.3, 0.4) is 0 Å². The van der Waals surface area contributed by atoms with Crippen LogP contribution in [0.2, 0.25) is 0 Å². The molecule has 2 rings (SSSR count). The maximum absolute atomic E-state index is 12.0. The zero-order valence-corrected chi connectivity index (χ0v) is 13.1. The zero-order chi connectivity index (χ0) is 14.7. The Labute approximate surface area is 124 Å². The van der Waals surface area contributed by atoms with E-state index in [0.29, 0.717) is 34.8 Å². The van der Waals surface area contributed by atoms with Crippen LogP contribution in [0, 0.1) is 6.92 Å². The number of rotatable bonds is 5. The number of hydrogen-bond donors (Lipinski definition) is 1. The van der Waals surface area contributed by atoms with Crippen LogP contribution < -0.4 is 10.9 Å². The molecule has 2 aromatic heterocycles. The predicted molar refractivity (Wildman–Crippen MR) is 77.8 cm³/mol. The van der Waals surface area contributed by atoms with E-state index < -0.39 is 0 Å². The van der Waals surface area contributed by atoms with Crippen LogP contribution in [0.4, 0.5) is 5.69 Å². The van der Waals surface area contributed by atoms with Gasteiger partial charge in [-0.2, -0.15) is 10.1 Å². The van der Waals surface area contributed by atoms with Gasteiger partial charge >= 0.3 is 0 Å². The highest BCUT2D eigenvalue weighted by atomic mass is 79.9. The second-order valence-corrected chi connectivity index (χ2v) is 5.42. The van der Waals surface area contributed by atoms with E-state index in [1.165, 1.54) is 4.68 Å². The Balaban J connectivity index is 2.03. The van der Waals surface area contributed by atoms with E-state index in [1.807, 2.05) is 13.8 Å². The monoisotopic (exact) mass is 341 g/mol. The van der Waals surface area contributed by atoms with E-state index in [0.717, 1.165) is 0 Å². The highest BCUT2D eigenvalue weighted by molar-refractivity contribution is 9.10. The van der Waals surface area contributed by atoms with Crippen molar-refractivity contribution in [1.82, 2.24) is 19.9 Å². The predicted octanol–water partition coefficient (Wildman–Crippen LogP) is 1.93. The maximum Gasteiger partial charge on any atom is 0.283 e. The third-order valence-electron chi connectivity index (χ3n) is 2.67. The van der Waals surface area contributed by atoms with Crippen LogP contribution in [0.5, 0.6) is 0 Å². The van der Waals surface area contributed by atoms with Gasteiger partial charge in [-0.05, 0) is 29.8 Å². The van der Waals surface area contributed by atoms with Gasteiger partial charge in [0.1, 0.15) is 4.47 Å². The topological polar surface area (TPSA) is 85.8 Å². The van der Waals surface area contributed by atoms with Crippen molar-refractivity contribution in [3.05, 3.63) is 32.7 Å². The Morgan fingerprint density at radius 1 is 1.50 bits per heavy atom. The molecule has 0 atom stereocenters. The van der Waals surface area contributed by atoms with E-state index in [9.17, 15) is 4.79 Å². The second kappa shape index (κ2) is 6.17. The summed E-state index contributed by atoms with van der Waals surface area (Å²) in [4.78, 5) is 16.1. The number of aryl methyl sites for hydroxylation is 1. The van der Waals surface area contributed by atoms with E-state index in [1.54, 1.807) is 13.1 Å². The second-order valence-electron chi connectivity index (χ2n) is 4.62. The van der Waals surface area contributed by atoms with Crippen molar-refractivity contribution in [2.45, 2.75) is 33.2 Å². The number of nitrogens with one attached hydrogen (secondary N) is 1. The Bertz CT molecular complexity index is 650. The van der Waals surface area contributed by atoms with Crippen LogP contribution in [0.15, 0.2) is 20.0 Å². The van der Waals surface area contributed by atoms with Crippen LogP contribution in [0.25, 0.3) is 0 Å². The van der Waals surface area contributed by atoms with E-state index >= 15 is 0 Å². The maximum atomic E-state index is 12.0. The molecule has 0 unspecified atom stereocenters. The summed E-state index contributed by atoms with van der Waals surface area (Å²) in [7, 11) is 0. The molecule has 2 heterocycles. The first-order valence-corrected chi connectivity index (χ1v) is 7.08. The molecule has 0 aliphatic rings. The van der Waals surface area contributed by atoms with Gasteiger partial charge in [0.25, 0.3) is 5.56 Å². The molecule has 0 amide bonds. The molecule has 0 radical (unpaired) electrons. The number of anilines is 1. The lowest BCUT2D eigenvalue weighted by Gasteiger charge is -2.11. The minimum Gasteiger partial charge on any atom is -0.382 e. The number of hydrogen-bond acceptors (Lipinski definition) is 6. The van der Waals surface area contributed by atoms with Crippen LogP contribution in [-0.4, -0.2) is 26.5 Å². The third kappa shape index (κ3) is 3.24. The van der Waals surface area contributed by atoms with Gasteiger partial charge in [0.2, 0.25) is 5.89 Å². The molecule has 0 saturated carbocycles. The minimum atomic E-state index is -0.152. The molecule has 2 aromatic rings. The summed E-state index contributed by atoms with van der Waals surface area (Å²) in [6, 6.07) is 0.0233. The summed E-state index contributed by atoms with van der Waals surface area (Å²) >= 11 is 3.30. The van der Waals surface area contributed by atoms with E-state index in [2.05, 4.69) is 36.5 Å². The Morgan fingerprint density at radius 3 is 2.85 bits per heavy atom. The normalized spacial score (nSPS) is 11.1. The highest BCUT2D eigenvalue weighted by Gasteiger charge is 2.10. The molecule has 7 nitrogen and oxygen atoms in total. The zero-order valence-electron chi connectivity index (χ0n) is 11.6. The van der Waals surface area contributed by atoms with Crippen molar-refractivity contribution in [1.29, 1.82) is 0 Å². The highest BCUT2D eigenvalue weighted by Crippen LogP contribution is 2.17. The number of halogens is 1. The Morgan fingerprint density at radius 2 is 2.25 bits per heavy atom. The largest absolute Gasteiger partial charge is 0.382 e. The molecule has 20 heavy (non-hydrogen) atoms. The van der Waals surface area contributed by atoms with Gasteiger partial charge in [-0.1, -0.05) is 5.16 Å². The van der Waals surface area contributed by atoms with Crippen molar-refractivity contribution in [2.75, 3.05) is 11.9 Å². The van der Waals surface area contributed by atoms with Crippen molar-refractivity contribution < 1.29 is 4.52 Å². The summed E-state index contributed by atoms with van der Waals surface area (Å²) in [6.07, 6.45) is 2.24.